The molecule has 0 amide bonds. The third-order valence-electron chi connectivity index (χ3n) is 6.42. The fourth-order valence-corrected chi connectivity index (χ4v) is 4.48. The molecule has 0 N–H and O–H groups in total. The fraction of sp³-hybridized carbons (Fsp3) is 0.200. The molecule has 0 aliphatic carbocycles. The zero-order valence-corrected chi connectivity index (χ0v) is 18.2. The van der Waals surface area contributed by atoms with Gasteiger partial charge in [-0.15, -0.1) is 0 Å². The summed E-state index contributed by atoms with van der Waals surface area (Å²) in [5, 5.41) is 0. The van der Waals surface area contributed by atoms with Crippen molar-refractivity contribution in [3.05, 3.63) is 143 Å². The van der Waals surface area contributed by atoms with Gasteiger partial charge in [-0.2, -0.15) is 0 Å². The minimum atomic E-state index is -0.357. The first-order chi connectivity index (χ1) is 14.7. The van der Waals surface area contributed by atoms with Crippen LogP contribution in [0.1, 0.15) is 59.6 Å². The van der Waals surface area contributed by atoms with Crippen molar-refractivity contribution in [3.8, 4) is 0 Å². The van der Waals surface area contributed by atoms with E-state index in [1.54, 1.807) is 0 Å². The Morgan fingerprint density at radius 1 is 0.567 bits per heavy atom. The highest BCUT2D eigenvalue weighted by Crippen LogP contribution is 2.45. The van der Waals surface area contributed by atoms with Gasteiger partial charge in [0.25, 0.3) is 0 Å². The van der Waals surface area contributed by atoms with E-state index >= 15 is 0 Å². The molecule has 0 bridgehead atoms. The summed E-state index contributed by atoms with van der Waals surface area (Å²) in [5.41, 5.74) is 7.50. The average molecular weight is 391 g/mol. The highest BCUT2D eigenvalue weighted by Gasteiger charge is 2.38. The first-order valence-corrected chi connectivity index (χ1v) is 10.9. The van der Waals surface area contributed by atoms with Crippen LogP contribution in [-0.4, -0.2) is 0 Å². The lowest BCUT2D eigenvalue weighted by molar-refractivity contribution is 0.723. The van der Waals surface area contributed by atoms with Crippen molar-refractivity contribution in [2.75, 3.05) is 0 Å². The molecule has 0 aliphatic rings. The molecule has 1 unspecified atom stereocenters. The summed E-state index contributed by atoms with van der Waals surface area (Å²) in [6, 6.07) is 40.2. The van der Waals surface area contributed by atoms with Crippen molar-refractivity contribution in [3.63, 3.8) is 0 Å². The van der Waals surface area contributed by atoms with Crippen molar-refractivity contribution in [1.82, 2.24) is 0 Å². The smallest absolute Gasteiger partial charge is 0.0648 e. The first kappa shape index (κ1) is 20.2. The molecule has 0 fully saturated rings. The fourth-order valence-electron chi connectivity index (χ4n) is 4.48. The van der Waals surface area contributed by atoms with E-state index in [9.17, 15) is 0 Å². The zero-order chi connectivity index (χ0) is 21.0. The van der Waals surface area contributed by atoms with Gasteiger partial charge in [-0.25, -0.2) is 0 Å². The van der Waals surface area contributed by atoms with Crippen LogP contribution in [0.2, 0.25) is 0 Å². The molecule has 0 aromatic heterocycles. The van der Waals surface area contributed by atoms with E-state index in [0.29, 0.717) is 5.92 Å². The van der Waals surface area contributed by atoms with E-state index in [-0.39, 0.29) is 5.41 Å². The molecule has 0 radical (unpaired) electrons. The summed E-state index contributed by atoms with van der Waals surface area (Å²) in [5.74, 6) is 0.571. The van der Waals surface area contributed by atoms with Gasteiger partial charge in [0.05, 0.1) is 5.41 Å². The second kappa shape index (κ2) is 8.71. The van der Waals surface area contributed by atoms with Crippen LogP contribution in [0.25, 0.3) is 0 Å². The molecule has 4 aromatic carbocycles. The standard InChI is InChI=1S/C30H30/c1-4-24(3)25-17-21-29(22-18-25)30(26-11-7-5-8-12-26,27-13-9-6-10-14-27)28-19-15-23(2)16-20-28/h5-22,24H,4H2,1-3H3. The number of hydrogen-bond donors (Lipinski definition) is 0. The van der Waals surface area contributed by atoms with Crippen LogP contribution in [0.3, 0.4) is 0 Å². The Morgan fingerprint density at radius 2 is 0.967 bits per heavy atom. The van der Waals surface area contributed by atoms with Gasteiger partial charge in [0.2, 0.25) is 0 Å². The van der Waals surface area contributed by atoms with Crippen LogP contribution in [0.4, 0.5) is 0 Å². The largest absolute Gasteiger partial charge is 0.0701 e. The van der Waals surface area contributed by atoms with Crippen LogP contribution >= 0.6 is 0 Å². The topological polar surface area (TPSA) is 0 Å². The van der Waals surface area contributed by atoms with E-state index < -0.39 is 0 Å². The van der Waals surface area contributed by atoms with Crippen molar-refractivity contribution in [2.45, 2.75) is 38.5 Å². The highest BCUT2D eigenvalue weighted by atomic mass is 14.4. The van der Waals surface area contributed by atoms with Gasteiger partial charge in [-0.05, 0) is 47.1 Å². The lowest BCUT2D eigenvalue weighted by atomic mass is 9.65. The summed E-state index contributed by atoms with van der Waals surface area (Å²) in [6.45, 7) is 6.71. The number of rotatable bonds is 6. The Labute approximate surface area is 181 Å². The first-order valence-electron chi connectivity index (χ1n) is 10.9. The lowest BCUT2D eigenvalue weighted by Gasteiger charge is -2.37. The average Bonchev–Trinajstić information content (AvgIpc) is 2.82. The van der Waals surface area contributed by atoms with Gasteiger partial charge in [0, 0.05) is 0 Å². The molecule has 4 aromatic rings. The molecule has 0 spiro atoms. The van der Waals surface area contributed by atoms with Crippen LogP contribution in [0.15, 0.2) is 109 Å². The predicted octanol–water partition coefficient (Wildman–Crippen LogP) is 7.89. The zero-order valence-electron chi connectivity index (χ0n) is 18.2. The van der Waals surface area contributed by atoms with Gasteiger partial charge < -0.3 is 0 Å². The Kier molecular flexibility index (Phi) is 5.86. The highest BCUT2D eigenvalue weighted by molar-refractivity contribution is 5.60. The molecule has 0 heterocycles. The van der Waals surface area contributed by atoms with Crippen LogP contribution in [0.5, 0.6) is 0 Å². The van der Waals surface area contributed by atoms with Gasteiger partial charge in [0.15, 0.2) is 0 Å². The predicted molar refractivity (Wildman–Crippen MR) is 128 cm³/mol. The number of hydrogen-bond acceptors (Lipinski definition) is 0. The molecular weight excluding hydrogens is 360 g/mol. The molecule has 150 valence electrons. The van der Waals surface area contributed by atoms with Crippen LogP contribution < -0.4 is 0 Å². The summed E-state index contributed by atoms with van der Waals surface area (Å²) in [4.78, 5) is 0. The van der Waals surface area contributed by atoms with Gasteiger partial charge in [-0.3, -0.25) is 0 Å². The quantitative estimate of drug-likeness (QED) is 0.294. The minimum Gasteiger partial charge on any atom is -0.0648 e. The van der Waals surface area contributed by atoms with Gasteiger partial charge in [-0.1, -0.05) is 129 Å². The Balaban J connectivity index is 2.04. The second-order valence-corrected chi connectivity index (χ2v) is 8.28. The van der Waals surface area contributed by atoms with Crippen molar-refractivity contribution in [2.24, 2.45) is 0 Å². The maximum absolute atomic E-state index is 2.33. The second-order valence-electron chi connectivity index (χ2n) is 8.28. The molecule has 4 rings (SSSR count). The number of benzene rings is 4. The van der Waals surface area contributed by atoms with Gasteiger partial charge >= 0.3 is 0 Å². The monoisotopic (exact) mass is 390 g/mol. The molecular formula is C30H30. The van der Waals surface area contributed by atoms with E-state index in [1.165, 1.54) is 33.4 Å². The van der Waals surface area contributed by atoms with Crippen molar-refractivity contribution < 1.29 is 0 Å². The Bertz CT molecular complexity index is 1020. The molecule has 0 nitrogen and oxygen atoms in total. The van der Waals surface area contributed by atoms with E-state index in [2.05, 4.69) is 130 Å². The molecule has 0 saturated carbocycles. The summed E-state index contributed by atoms with van der Waals surface area (Å²) in [6.07, 6.45) is 1.15. The Hall–Kier alpha value is -3.12. The summed E-state index contributed by atoms with van der Waals surface area (Å²) >= 11 is 0. The third-order valence-corrected chi connectivity index (χ3v) is 6.42. The van der Waals surface area contributed by atoms with E-state index in [4.69, 9.17) is 0 Å². The van der Waals surface area contributed by atoms with Crippen molar-refractivity contribution in [1.29, 1.82) is 0 Å². The SMILES string of the molecule is CCC(C)c1ccc(C(c2ccccc2)(c2ccccc2)c2ccc(C)cc2)cc1. The number of aryl methyl sites for hydroxylation is 1. The Morgan fingerprint density at radius 3 is 1.40 bits per heavy atom. The third kappa shape index (κ3) is 3.59. The van der Waals surface area contributed by atoms with Crippen molar-refractivity contribution >= 4 is 0 Å². The molecule has 0 saturated heterocycles. The molecule has 0 aliphatic heterocycles. The molecule has 0 heteroatoms. The van der Waals surface area contributed by atoms with E-state index in [1.807, 2.05) is 0 Å². The summed E-state index contributed by atoms with van der Waals surface area (Å²) in [7, 11) is 0. The summed E-state index contributed by atoms with van der Waals surface area (Å²) < 4.78 is 0. The van der Waals surface area contributed by atoms with Crippen LogP contribution in [0, 0.1) is 6.92 Å². The molecule has 30 heavy (non-hydrogen) atoms. The van der Waals surface area contributed by atoms with Crippen LogP contribution in [-0.2, 0) is 5.41 Å². The van der Waals surface area contributed by atoms with E-state index in [0.717, 1.165) is 6.42 Å². The van der Waals surface area contributed by atoms with Gasteiger partial charge in [0.1, 0.15) is 0 Å². The molecule has 1 atom stereocenters. The maximum atomic E-state index is 2.33. The lowest BCUT2D eigenvalue weighted by Crippen LogP contribution is -2.31. The minimum absolute atomic E-state index is 0.357. The maximum Gasteiger partial charge on any atom is 0.0701 e. The normalized spacial score (nSPS) is 12.5.